The van der Waals surface area contributed by atoms with Crippen LogP contribution in [0.2, 0.25) is 0 Å². The Morgan fingerprint density at radius 2 is 1.70 bits per heavy atom. The number of benzene rings is 2. The minimum atomic E-state index is -0.483. The summed E-state index contributed by atoms with van der Waals surface area (Å²) in [6, 6.07) is 13.8. The standard InChI is InChI=1S/C26H36N2O2/c1-7-24(26(30)27-16-18(2)3)28(17-23-10-8-9-19(4)13-23)25(29)15-22-12-11-20(5)21(6)14-22/h8-14,18,24H,7,15-17H2,1-6H3,(H,27,30)/t24-/m1/s1. The average Bonchev–Trinajstić information content (AvgIpc) is 2.69. The molecule has 0 aliphatic heterocycles. The lowest BCUT2D eigenvalue weighted by atomic mass is 10.0. The highest BCUT2D eigenvalue weighted by Gasteiger charge is 2.28. The second kappa shape index (κ2) is 11.0. The summed E-state index contributed by atoms with van der Waals surface area (Å²) in [6.45, 7) is 13.3. The molecule has 162 valence electrons. The van der Waals surface area contributed by atoms with Gasteiger partial charge < -0.3 is 10.2 Å². The van der Waals surface area contributed by atoms with Crippen LogP contribution in [0.3, 0.4) is 0 Å². The van der Waals surface area contributed by atoms with Crippen LogP contribution in [-0.4, -0.2) is 29.3 Å². The molecule has 1 N–H and O–H groups in total. The first-order valence-corrected chi connectivity index (χ1v) is 10.9. The first-order valence-electron chi connectivity index (χ1n) is 10.9. The van der Waals surface area contributed by atoms with E-state index in [9.17, 15) is 9.59 Å². The molecule has 0 aliphatic rings. The van der Waals surface area contributed by atoms with Gasteiger partial charge in [-0.2, -0.15) is 0 Å². The number of amides is 2. The summed E-state index contributed by atoms with van der Waals surface area (Å²) in [4.78, 5) is 28.1. The first kappa shape index (κ1) is 23.7. The molecule has 4 heteroatoms. The summed E-state index contributed by atoms with van der Waals surface area (Å²) in [6.07, 6.45) is 0.870. The molecule has 0 unspecified atom stereocenters. The van der Waals surface area contributed by atoms with Gasteiger partial charge >= 0.3 is 0 Å². The van der Waals surface area contributed by atoms with E-state index in [1.807, 2.05) is 38.1 Å². The third-order valence-corrected chi connectivity index (χ3v) is 5.43. The van der Waals surface area contributed by atoms with Crippen molar-refractivity contribution in [3.05, 3.63) is 70.3 Å². The van der Waals surface area contributed by atoms with Crippen LogP contribution in [0.4, 0.5) is 0 Å². The second-order valence-corrected chi connectivity index (χ2v) is 8.67. The highest BCUT2D eigenvalue weighted by atomic mass is 16.2. The molecular formula is C26H36N2O2. The maximum Gasteiger partial charge on any atom is 0.242 e. The maximum absolute atomic E-state index is 13.4. The van der Waals surface area contributed by atoms with Crippen LogP contribution in [0.15, 0.2) is 42.5 Å². The zero-order valence-corrected chi connectivity index (χ0v) is 19.3. The van der Waals surface area contributed by atoms with Crippen molar-refractivity contribution in [2.45, 2.75) is 67.0 Å². The maximum atomic E-state index is 13.4. The summed E-state index contributed by atoms with van der Waals surface area (Å²) < 4.78 is 0. The lowest BCUT2D eigenvalue weighted by molar-refractivity contribution is -0.141. The van der Waals surface area contributed by atoms with Gasteiger partial charge in [-0.15, -0.1) is 0 Å². The number of carbonyl (C=O) groups is 2. The number of hydrogen-bond acceptors (Lipinski definition) is 2. The van der Waals surface area contributed by atoms with Crippen molar-refractivity contribution in [2.75, 3.05) is 6.54 Å². The van der Waals surface area contributed by atoms with Gasteiger partial charge in [0.15, 0.2) is 0 Å². The second-order valence-electron chi connectivity index (χ2n) is 8.67. The van der Waals surface area contributed by atoms with E-state index in [1.54, 1.807) is 4.90 Å². The van der Waals surface area contributed by atoms with Crippen LogP contribution >= 0.6 is 0 Å². The van der Waals surface area contributed by atoms with Crippen molar-refractivity contribution in [1.82, 2.24) is 10.2 Å². The number of hydrogen-bond donors (Lipinski definition) is 1. The Labute approximate surface area is 181 Å². The number of nitrogens with one attached hydrogen (secondary N) is 1. The molecule has 0 fully saturated rings. The SMILES string of the molecule is CC[C@H](C(=O)NCC(C)C)N(Cc1cccc(C)c1)C(=O)Cc1ccc(C)c(C)c1. The average molecular weight is 409 g/mol. The molecule has 30 heavy (non-hydrogen) atoms. The summed E-state index contributed by atoms with van der Waals surface area (Å²) in [7, 11) is 0. The first-order chi connectivity index (χ1) is 14.2. The normalized spacial score (nSPS) is 12.0. The van der Waals surface area contributed by atoms with Crippen LogP contribution in [0.5, 0.6) is 0 Å². The minimum Gasteiger partial charge on any atom is -0.354 e. The Morgan fingerprint density at radius 1 is 0.967 bits per heavy atom. The van der Waals surface area contributed by atoms with Crippen LogP contribution in [-0.2, 0) is 22.6 Å². The van der Waals surface area contributed by atoms with Crippen molar-refractivity contribution in [3.8, 4) is 0 Å². The van der Waals surface area contributed by atoms with Crippen molar-refractivity contribution < 1.29 is 9.59 Å². The number of carbonyl (C=O) groups excluding carboxylic acids is 2. The molecule has 0 saturated carbocycles. The highest BCUT2D eigenvalue weighted by Crippen LogP contribution is 2.17. The molecule has 2 amide bonds. The lowest BCUT2D eigenvalue weighted by Crippen LogP contribution is -2.50. The van der Waals surface area contributed by atoms with Crippen molar-refractivity contribution >= 4 is 11.8 Å². The Kier molecular flexibility index (Phi) is 8.64. The lowest BCUT2D eigenvalue weighted by Gasteiger charge is -2.31. The van der Waals surface area contributed by atoms with E-state index in [4.69, 9.17) is 0 Å². The van der Waals surface area contributed by atoms with Gasteiger partial charge in [0.25, 0.3) is 0 Å². The van der Waals surface area contributed by atoms with Gasteiger partial charge in [-0.1, -0.05) is 68.8 Å². The smallest absolute Gasteiger partial charge is 0.242 e. The Balaban J connectivity index is 2.29. The number of aryl methyl sites for hydroxylation is 3. The molecule has 0 bridgehead atoms. The topological polar surface area (TPSA) is 49.4 Å². The third kappa shape index (κ3) is 6.72. The molecule has 1 atom stereocenters. The largest absolute Gasteiger partial charge is 0.354 e. The Hall–Kier alpha value is -2.62. The summed E-state index contributed by atoms with van der Waals surface area (Å²) >= 11 is 0. The molecule has 2 aromatic rings. The molecule has 2 aromatic carbocycles. The minimum absolute atomic E-state index is 0.0219. The summed E-state index contributed by atoms with van der Waals surface area (Å²) in [5.41, 5.74) is 5.55. The van der Waals surface area contributed by atoms with E-state index in [0.717, 1.165) is 16.7 Å². The molecule has 0 saturated heterocycles. The predicted octanol–water partition coefficient (Wildman–Crippen LogP) is 4.73. The molecule has 0 aromatic heterocycles. The molecule has 2 rings (SSSR count). The van der Waals surface area contributed by atoms with Crippen LogP contribution < -0.4 is 5.32 Å². The fourth-order valence-corrected chi connectivity index (χ4v) is 3.54. The van der Waals surface area contributed by atoms with Gasteiger partial charge in [-0.3, -0.25) is 9.59 Å². The van der Waals surface area contributed by atoms with Crippen molar-refractivity contribution in [2.24, 2.45) is 5.92 Å². The number of rotatable bonds is 9. The van der Waals surface area contributed by atoms with Crippen molar-refractivity contribution in [1.29, 1.82) is 0 Å². The summed E-state index contributed by atoms with van der Waals surface area (Å²) in [5, 5.41) is 3.01. The fourth-order valence-electron chi connectivity index (χ4n) is 3.54. The highest BCUT2D eigenvalue weighted by molar-refractivity contribution is 5.88. The van der Waals surface area contributed by atoms with Gasteiger partial charge in [0, 0.05) is 13.1 Å². The van der Waals surface area contributed by atoms with Crippen LogP contribution in [0.25, 0.3) is 0 Å². The van der Waals surface area contributed by atoms with Gasteiger partial charge in [-0.25, -0.2) is 0 Å². The fraction of sp³-hybridized carbons (Fsp3) is 0.462. The van der Waals surface area contributed by atoms with E-state index < -0.39 is 6.04 Å². The van der Waals surface area contributed by atoms with E-state index in [0.29, 0.717) is 31.8 Å². The van der Waals surface area contributed by atoms with Crippen LogP contribution in [0.1, 0.15) is 55.0 Å². The Bertz CT molecular complexity index is 873. The molecule has 0 spiro atoms. The van der Waals surface area contributed by atoms with Crippen molar-refractivity contribution in [3.63, 3.8) is 0 Å². The van der Waals surface area contributed by atoms with E-state index >= 15 is 0 Å². The monoisotopic (exact) mass is 408 g/mol. The van der Waals surface area contributed by atoms with Gasteiger partial charge in [-0.05, 0) is 55.4 Å². The van der Waals surface area contributed by atoms with Crippen LogP contribution in [0, 0.1) is 26.7 Å². The summed E-state index contributed by atoms with van der Waals surface area (Å²) in [5.74, 6) is 0.265. The Morgan fingerprint density at radius 3 is 2.30 bits per heavy atom. The third-order valence-electron chi connectivity index (χ3n) is 5.43. The molecular weight excluding hydrogens is 372 g/mol. The van der Waals surface area contributed by atoms with E-state index in [2.05, 4.69) is 51.2 Å². The van der Waals surface area contributed by atoms with Gasteiger partial charge in [0.1, 0.15) is 6.04 Å². The zero-order chi connectivity index (χ0) is 22.3. The van der Waals surface area contributed by atoms with Gasteiger partial charge in [0.2, 0.25) is 11.8 Å². The molecule has 0 heterocycles. The zero-order valence-electron chi connectivity index (χ0n) is 19.3. The molecule has 0 aliphatic carbocycles. The number of nitrogens with zero attached hydrogens (tertiary/aromatic N) is 1. The quantitative estimate of drug-likeness (QED) is 0.652. The molecule has 0 radical (unpaired) electrons. The predicted molar refractivity (Wildman–Crippen MR) is 123 cm³/mol. The molecule has 4 nitrogen and oxygen atoms in total. The van der Waals surface area contributed by atoms with E-state index in [-0.39, 0.29) is 11.8 Å². The van der Waals surface area contributed by atoms with E-state index in [1.165, 1.54) is 11.1 Å². The van der Waals surface area contributed by atoms with Gasteiger partial charge in [0.05, 0.1) is 6.42 Å².